The van der Waals surface area contributed by atoms with Crippen LogP contribution in [0, 0.1) is 0 Å². The first-order chi connectivity index (χ1) is 29.7. The fourth-order valence-corrected chi connectivity index (χ4v) is 8.81. The van der Waals surface area contributed by atoms with Crippen LogP contribution in [0.3, 0.4) is 0 Å². The van der Waals surface area contributed by atoms with Gasteiger partial charge in [-0.25, -0.2) is 4.98 Å². The number of benzene rings is 8. The molecule has 11 aromatic rings. The van der Waals surface area contributed by atoms with Crippen molar-refractivity contribution in [1.82, 2.24) is 24.1 Å². The summed E-state index contributed by atoms with van der Waals surface area (Å²) in [4.78, 5) is 15.6. The molecule has 0 spiro atoms. The van der Waals surface area contributed by atoms with Gasteiger partial charge in [0.05, 0.1) is 22.1 Å². The average Bonchev–Trinajstić information content (AvgIpc) is 3.85. The predicted octanol–water partition coefficient (Wildman–Crippen LogP) is 14.1. The number of aryl methyl sites for hydroxylation is 1. The second kappa shape index (κ2) is 14.9. The van der Waals surface area contributed by atoms with E-state index in [9.17, 15) is 0 Å². The minimum atomic E-state index is 0.573. The lowest BCUT2D eigenvalue weighted by Gasteiger charge is -2.12. The normalized spacial score (nSPS) is 11.6. The third kappa shape index (κ3) is 6.14. The molecule has 0 aliphatic heterocycles. The number of unbranched alkanes of at least 4 members (excludes halogenated alkanes) is 1. The number of hydrogen-bond donors (Lipinski definition) is 0. The zero-order chi connectivity index (χ0) is 40.0. The summed E-state index contributed by atoms with van der Waals surface area (Å²) in [7, 11) is 0. The second-order valence-corrected chi connectivity index (χ2v) is 15.5. The highest BCUT2D eigenvalue weighted by Gasteiger charge is 2.23. The first-order valence-corrected chi connectivity index (χ1v) is 20.8. The van der Waals surface area contributed by atoms with E-state index in [4.69, 9.17) is 15.0 Å². The molecule has 0 atom stereocenters. The Hall–Kier alpha value is -7.63. The van der Waals surface area contributed by atoms with Gasteiger partial charge in [-0.1, -0.05) is 177 Å². The van der Waals surface area contributed by atoms with Crippen molar-refractivity contribution in [3.63, 3.8) is 0 Å². The van der Waals surface area contributed by atoms with Crippen LogP contribution in [0.5, 0.6) is 0 Å². The molecule has 5 nitrogen and oxygen atoms in total. The van der Waals surface area contributed by atoms with Crippen LogP contribution >= 0.6 is 0 Å². The Bertz CT molecular complexity index is 3330. The molecule has 11 rings (SSSR count). The van der Waals surface area contributed by atoms with Crippen molar-refractivity contribution in [1.29, 1.82) is 0 Å². The third-order valence-electron chi connectivity index (χ3n) is 11.8. The van der Waals surface area contributed by atoms with Crippen LogP contribution in [-0.2, 0) is 6.42 Å². The van der Waals surface area contributed by atoms with Crippen LogP contribution in [0.1, 0.15) is 25.3 Å². The average molecular weight is 772 g/mol. The molecule has 0 unspecified atom stereocenters. The van der Waals surface area contributed by atoms with Crippen molar-refractivity contribution >= 4 is 43.6 Å². The van der Waals surface area contributed by atoms with E-state index >= 15 is 0 Å². The van der Waals surface area contributed by atoms with Crippen LogP contribution in [0.2, 0.25) is 0 Å². The molecule has 8 aromatic carbocycles. The van der Waals surface area contributed by atoms with E-state index in [1.165, 1.54) is 45.9 Å². The van der Waals surface area contributed by atoms with Crippen LogP contribution in [0.25, 0.3) is 100 Å². The Morgan fingerprint density at radius 1 is 0.400 bits per heavy atom. The molecule has 0 aliphatic carbocycles. The first-order valence-electron chi connectivity index (χ1n) is 20.8. The van der Waals surface area contributed by atoms with Gasteiger partial charge >= 0.3 is 0 Å². The maximum atomic E-state index is 5.28. The molecular weight excluding hydrogens is 731 g/mol. The molecule has 3 heterocycles. The number of aromatic nitrogens is 5. The fourth-order valence-electron chi connectivity index (χ4n) is 8.81. The lowest BCUT2D eigenvalue weighted by molar-refractivity contribution is 0.795. The van der Waals surface area contributed by atoms with Crippen LogP contribution in [0.15, 0.2) is 194 Å². The molecule has 0 fully saturated rings. The molecule has 0 aliphatic rings. The van der Waals surface area contributed by atoms with Crippen molar-refractivity contribution in [2.24, 2.45) is 0 Å². The Morgan fingerprint density at radius 3 is 1.67 bits per heavy atom. The summed E-state index contributed by atoms with van der Waals surface area (Å²) < 4.78 is 4.67. The Morgan fingerprint density at radius 2 is 0.950 bits per heavy atom. The first kappa shape index (κ1) is 35.5. The van der Waals surface area contributed by atoms with Crippen LogP contribution in [-0.4, -0.2) is 24.1 Å². The lowest BCUT2D eigenvalue weighted by Crippen LogP contribution is -2.06. The van der Waals surface area contributed by atoms with Gasteiger partial charge < -0.3 is 4.57 Å². The topological polar surface area (TPSA) is 48.5 Å². The highest BCUT2D eigenvalue weighted by molar-refractivity contribution is 6.26. The van der Waals surface area contributed by atoms with Gasteiger partial charge in [-0.05, 0) is 71.0 Å². The largest absolute Gasteiger partial charge is 0.309 e. The monoisotopic (exact) mass is 771 g/mol. The zero-order valence-electron chi connectivity index (χ0n) is 33.3. The van der Waals surface area contributed by atoms with Crippen LogP contribution in [0.4, 0.5) is 0 Å². The lowest BCUT2D eigenvalue weighted by atomic mass is 10.0. The van der Waals surface area contributed by atoms with Crippen molar-refractivity contribution in [2.45, 2.75) is 26.2 Å². The summed E-state index contributed by atoms with van der Waals surface area (Å²) in [6.45, 7) is 2.25. The van der Waals surface area contributed by atoms with E-state index in [1.54, 1.807) is 0 Å². The second-order valence-electron chi connectivity index (χ2n) is 15.5. The summed E-state index contributed by atoms with van der Waals surface area (Å²) in [5.74, 6) is 1.82. The standard InChI is InChI=1S/C55H41N5/c1-2-3-15-37-26-28-40(29-27-37)43-20-14-21-44(36-43)59-48-24-12-10-22-45(48)46-34-35-50-51(52(46)59)47-23-11-13-25-49(47)60(50)55-57-53(41-18-8-5-9-19-41)56-54(58-55)42-32-30-39(31-33-42)38-16-6-4-7-17-38/h4-14,16-36H,2-3,15H2,1H3. The van der Waals surface area contributed by atoms with E-state index in [-0.39, 0.29) is 0 Å². The minimum Gasteiger partial charge on any atom is -0.309 e. The van der Waals surface area contributed by atoms with Gasteiger partial charge in [0.1, 0.15) is 0 Å². The Kier molecular flexibility index (Phi) is 8.85. The number of nitrogens with zero attached hydrogens (tertiary/aromatic N) is 5. The fraction of sp³-hybridized carbons (Fsp3) is 0.0727. The Balaban J connectivity index is 1.14. The van der Waals surface area contributed by atoms with Gasteiger partial charge in [0.2, 0.25) is 5.95 Å². The molecule has 286 valence electrons. The molecule has 0 amide bonds. The maximum Gasteiger partial charge on any atom is 0.238 e. The van der Waals surface area contributed by atoms with Gasteiger partial charge in [0.25, 0.3) is 0 Å². The molecule has 0 saturated heterocycles. The van der Waals surface area contributed by atoms with Crippen molar-refractivity contribution in [2.75, 3.05) is 0 Å². The molecule has 0 saturated carbocycles. The van der Waals surface area contributed by atoms with E-state index in [0.717, 1.165) is 61.6 Å². The summed E-state index contributed by atoms with van der Waals surface area (Å²) in [6.07, 6.45) is 3.52. The number of rotatable bonds is 9. The Labute approximate surface area is 348 Å². The molecule has 60 heavy (non-hydrogen) atoms. The van der Waals surface area contributed by atoms with E-state index < -0.39 is 0 Å². The quantitative estimate of drug-likeness (QED) is 0.147. The van der Waals surface area contributed by atoms with Crippen molar-refractivity contribution in [3.05, 3.63) is 200 Å². The van der Waals surface area contributed by atoms with Crippen molar-refractivity contribution in [3.8, 4) is 56.7 Å². The van der Waals surface area contributed by atoms with Gasteiger partial charge in [-0.3, -0.25) is 4.57 Å². The van der Waals surface area contributed by atoms with Crippen molar-refractivity contribution < 1.29 is 0 Å². The van der Waals surface area contributed by atoms with Gasteiger partial charge in [-0.15, -0.1) is 0 Å². The molecule has 3 aromatic heterocycles. The summed E-state index contributed by atoms with van der Waals surface area (Å²) in [6, 6.07) is 69.1. The van der Waals surface area contributed by atoms with Gasteiger partial charge in [0.15, 0.2) is 11.6 Å². The van der Waals surface area contributed by atoms with E-state index in [1.807, 2.05) is 24.3 Å². The number of fused-ring (bicyclic) bond motifs is 7. The predicted molar refractivity (Wildman–Crippen MR) is 249 cm³/mol. The summed E-state index contributed by atoms with van der Waals surface area (Å²) >= 11 is 0. The molecule has 0 radical (unpaired) electrons. The van der Waals surface area contributed by atoms with Crippen LogP contribution < -0.4 is 0 Å². The SMILES string of the molecule is CCCCc1ccc(-c2cccc(-n3c4ccccc4c4ccc5c(c6ccccc6n5-c5nc(-c6ccccc6)nc(-c6ccc(-c7ccccc7)cc6)n5)c43)c2)cc1. The molecular formula is C55H41N5. The zero-order valence-corrected chi connectivity index (χ0v) is 33.3. The van der Waals surface area contributed by atoms with E-state index in [2.05, 4.69) is 186 Å². The summed E-state index contributed by atoms with van der Waals surface area (Å²) in [5, 5.41) is 4.70. The van der Waals surface area contributed by atoms with E-state index in [0.29, 0.717) is 17.6 Å². The third-order valence-corrected chi connectivity index (χ3v) is 11.8. The minimum absolute atomic E-state index is 0.573. The van der Waals surface area contributed by atoms with Gasteiger partial charge in [-0.2, -0.15) is 9.97 Å². The number of para-hydroxylation sites is 2. The number of hydrogen-bond acceptors (Lipinski definition) is 3. The highest BCUT2D eigenvalue weighted by Crippen LogP contribution is 2.42. The maximum absolute atomic E-state index is 5.28. The molecule has 5 heteroatoms. The molecule has 0 N–H and O–H groups in total. The molecule has 0 bridgehead atoms. The highest BCUT2D eigenvalue weighted by atomic mass is 15.2. The smallest absolute Gasteiger partial charge is 0.238 e. The summed E-state index contributed by atoms with van der Waals surface area (Å²) in [5.41, 5.74) is 13.5. The van der Waals surface area contributed by atoms with Gasteiger partial charge in [0, 0.05) is 38.4 Å².